The van der Waals surface area contributed by atoms with Crippen molar-refractivity contribution in [2.75, 3.05) is 29.9 Å². The Hall–Kier alpha value is -2.63. The van der Waals surface area contributed by atoms with Crippen molar-refractivity contribution in [1.29, 1.82) is 0 Å². The highest BCUT2D eigenvalue weighted by Crippen LogP contribution is 2.39. The number of aryl methyl sites for hydroxylation is 1. The minimum atomic E-state index is -0.150. The van der Waals surface area contributed by atoms with Crippen LogP contribution in [-0.2, 0) is 4.79 Å². The molecule has 1 amide bonds. The molecule has 6 heteroatoms. The number of hydrogen-bond donors (Lipinski definition) is 2. The monoisotopic (exact) mass is 337 g/mol. The van der Waals surface area contributed by atoms with Crippen molar-refractivity contribution in [3.05, 3.63) is 42.1 Å². The van der Waals surface area contributed by atoms with E-state index in [0.717, 1.165) is 56.0 Å². The Labute approximate surface area is 147 Å². The predicted octanol–water partition coefficient (Wildman–Crippen LogP) is 2.64. The fourth-order valence-electron chi connectivity index (χ4n) is 3.80. The smallest absolute Gasteiger partial charge is 0.229 e. The maximum Gasteiger partial charge on any atom is 0.229 e. The van der Waals surface area contributed by atoms with E-state index in [1.54, 1.807) is 0 Å². The molecule has 0 saturated carbocycles. The van der Waals surface area contributed by atoms with E-state index in [-0.39, 0.29) is 11.3 Å². The summed E-state index contributed by atoms with van der Waals surface area (Å²) in [6.45, 7) is 4.57. The van der Waals surface area contributed by atoms with E-state index in [1.165, 1.54) is 0 Å². The fraction of sp³-hybridized carbons (Fsp3) is 0.421. The summed E-state index contributed by atoms with van der Waals surface area (Å²) in [6, 6.07) is 9.93. The van der Waals surface area contributed by atoms with Crippen molar-refractivity contribution >= 4 is 23.4 Å². The summed E-state index contributed by atoms with van der Waals surface area (Å²) < 4.78 is 0. The largest absolute Gasteiger partial charge is 0.356 e. The van der Waals surface area contributed by atoms with Gasteiger partial charge in [-0.1, -0.05) is 18.2 Å². The molecule has 2 fully saturated rings. The molecular formula is C19H23N5O. The average molecular weight is 337 g/mol. The Kier molecular flexibility index (Phi) is 4.03. The van der Waals surface area contributed by atoms with Crippen molar-refractivity contribution in [3.8, 4) is 0 Å². The molecule has 6 nitrogen and oxygen atoms in total. The second kappa shape index (κ2) is 6.35. The van der Waals surface area contributed by atoms with Gasteiger partial charge in [0.1, 0.15) is 5.82 Å². The van der Waals surface area contributed by atoms with Gasteiger partial charge in [-0.25, -0.2) is 4.98 Å². The third-order valence-corrected chi connectivity index (χ3v) is 5.37. The number of carbonyl (C=O) groups excluding carboxylic acids is 1. The number of rotatable bonds is 3. The van der Waals surface area contributed by atoms with Crippen LogP contribution in [0.4, 0.5) is 17.5 Å². The van der Waals surface area contributed by atoms with Crippen LogP contribution in [0.5, 0.6) is 0 Å². The first kappa shape index (κ1) is 15.9. The first-order valence-electron chi connectivity index (χ1n) is 8.85. The molecule has 2 saturated heterocycles. The molecule has 0 atom stereocenters. The maximum atomic E-state index is 12.2. The lowest BCUT2D eigenvalue weighted by Gasteiger charge is -2.38. The van der Waals surface area contributed by atoms with E-state index >= 15 is 0 Å². The summed E-state index contributed by atoms with van der Waals surface area (Å²) in [5.41, 5.74) is 1.88. The Morgan fingerprint density at radius 1 is 1.16 bits per heavy atom. The van der Waals surface area contributed by atoms with E-state index < -0.39 is 0 Å². The highest BCUT2D eigenvalue weighted by molar-refractivity contribution is 5.85. The van der Waals surface area contributed by atoms with E-state index in [0.29, 0.717) is 5.95 Å². The molecule has 2 aliphatic rings. The van der Waals surface area contributed by atoms with Crippen molar-refractivity contribution in [2.24, 2.45) is 5.41 Å². The Morgan fingerprint density at radius 3 is 2.60 bits per heavy atom. The van der Waals surface area contributed by atoms with E-state index in [1.807, 2.05) is 43.5 Å². The van der Waals surface area contributed by atoms with Crippen LogP contribution in [0.1, 0.15) is 24.8 Å². The standard InChI is InChI=1S/C19H23N5O/c1-14-13-21-18(22-15-5-3-2-4-6-15)23-16(14)24-11-8-19(9-12-24)7-10-20-17(19)25/h2-6,13H,7-12H2,1H3,(H,20,25)(H,21,22,23). The Bertz CT molecular complexity index is 769. The highest BCUT2D eigenvalue weighted by atomic mass is 16.2. The number of piperidine rings is 1. The normalized spacial score (nSPS) is 19.1. The molecule has 0 bridgehead atoms. The summed E-state index contributed by atoms with van der Waals surface area (Å²) in [7, 11) is 0. The van der Waals surface area contributed by atoms with Crippen LogP contribution in [0.3, 0.4) is 0 Å². The number of anilines is 3. The van der Waals surface area contributed by atoms with Gasteiger partial charge in [0.15, 0.2) is 0 Å². The van der Waals surface area contributed by atoms with Crippen LogP contribution in [0.15, 0.2) is 36.5 Å². The average Bonchev–Trinajstić information content (AvgIpc) is 2.99. The number of aromatic nitrogens is 2. The van der Waals surface area contributed by atoms with Crippen LogP contribution >= 0.6 is 0 Å². The number of nitrogens with zero attached hydrogens (tertiary/aromatic N) is 3. The summed E-state index contributed by atoms with van der Waals surface area (Å²) in [4.78, 5) is 23.6. The van der Waals surface area contributed by atoms with Gasteiger partial charge in [0.2, 0.25) is 11.9 Å². The van der Waals surface area contributed by atoms with E-state index in [2.05, 4.69) is 20.5 Å². The molecule has 0 radical (unpaired) electrons. The van der Waals surface area contributed by atoms with Crippen molar-refractivity contribution in [2.45, 2.75) is 26.2 Å². The lowest BCUT2D eigenvalue weighted by Crippen LogP contribution is -2.44. The third kappa shape index (κ3) is 3.04. The molecule has 1 aromatic heterocycles. The van der Waals surface area contributed by atoms with Crippen LogP contribution < -0.4 is 15.5 Å². The quantitative estimate of drug-likeness (QED) is 0.901. The van der Waals surface area contributed by atoms with Gasteiger partial charge in [-0.3, -0.25) is 4.79 Å². The molecule has 4 rings (SSSR count). The summed E-state index contributed by atoms with van der Waals surface area (Å²) >= 11 is 0. The number of nitrogens with one attached hydrogen (secondary N) is 2. The van der Waals surface area contributed by atoms with Crippen molar-refractivity contribution in [3.63, 3.8) is 0 Å². The van der Waals surface area contributed by atoms with E-state index in [9.17, 15) is 4.79 Å². The van der Waals surface area contributed by atoms with Gasteiger partial charge >= 0.3 is 0 Å². The summed E-state index contributed by atoms with van der Waals surface area (Å²) in [6.07, 6.45) is 4.61. The first-order chi connectivity index (χ1) is 12.2. The number of carbonyl (C=O) groups is 1. The molecule has 0 unspecified atom stereocenters. The van der Waals surface area contributed by atoms with Gasteiger partial charge in [-0.05, 0) is 38.3 Å². The fourth-order valence-corrected chi connectivity index (χ4v) is 3.80. The number of para-hydroxylation sites is 1. The summed E-state index contributed by atoms with van der Waals surface area (Å²) in [5, 5.41) is 6.24. The molecule has 1 aromatic carbocycles. The zero-order chi connectivity index (χ0) is 17.3. The second-order valence-corrected chi connectivity index (χ2v) is 6.96. The van der Waals surface area contributed by atoms with Gasteiger partial charge in [0.05, 0.1) is 5.41 Å². The second-order valence-electron chi connectivity index (χ2n) is 6.96. The molecule has 3 heterocycles. The lowest BCUT2D eigenvalue weighted by molar-refractivity contribution is -0.128. The molecule has 2 N–H and O–H groups in total. The van der Waals surface area contributed by atoms with Gasteiger partial charge in [0, 0.05) is 37.1 Å². The van der Waals surface area contributed by atoms with Gasteiger partial charge in [0.25, 0.3) is 0 Å². The van der Waals surface area contributed by atoms with Crippen molar-refractivity contribution in [1.82, 2.24) is 15.3 Å². The molecule has 25 heavy (non-hydrogen) atoms. The SMILES string of the molecule is Cc1cnc(Nc2ccccc2)nc1N1CCC2(CCNC2=O)CC1. The third-order valence-electron chi connectivity index (χ3n) is 5.37. The molecule has 1 spiro atoms. The lowest BCUT2D eigenvalue weighted by atomic mass is 9.77. The zero-order valence-corrected chi connectivity index (χ0v) is 14.5. The van der Waals surface area contributed by atoms with Crippen LogP contribution in [0, 0.1) is 12.3 Å². The topological polar surface area (TPSA) is 70.2 Å². The molecule has 2 aromatic rings. The molecule has 2 aliphatic heterocycles. The first-order valence-corrected chi connectivity index (χ1v) is 8.85. The summed E-state index contributed by atoms with van der Waals surface area (Å²) in [5.74, 6) is 1.80. The van der Waals surface area contributed by atoms with E-state index in [4.69, 9.17) is 4.98 Å². The van der Waals surface area contributed by atoms with Crippen LogP contribution in [-0.4, -0.2) is 35.5 Å². The number of benzene rings is 1. The van der Waals surface area contributed by atoms with Gasteiger partial charge in [-0.2, -0.15) is 4.98 Å². The Balaban J connectivity index is 1.51. The Morgan fingerprint density at radius 2 is 1.92 bits per heavy atom. The molecule has 130 valence electrons. The van der Waals surface area contributed by atoms with Crippen LogP contribution in [0.2, 0.25) is 0 Å². The molecule has 0 aliphatic carbocycles. The number of amides is 1. The minimum absolute atomic E-state index is 0.150. The number of hydrogen-bond acceptors (Lipinski definition) is 5. The van der Waals surface area contributed by atoms with Gasteiger partial charge < -0.3 is 15.5 Å². The van der Waals surface area contributed by atoms with Crippen molar-refractivity contribution < 1.29 is 4.79 Å². The molecular weight excluding hydrogens is 314 g/mol. The van der Waals surface area contributed by atoms with Crippen LogP contribution in [0.25, 0.3) is 0 Å². The maximum absolute atomic E-state index is 12.2. The van der Waals surface area contributed by atoms with Gasteiger partial charge in [-0.15, -0.1) is 0 Å². The zero-order valence-electron chi connectivity index (χ0n) is 14.5. The highest BCUT2D eigenvalue weighted by Gasteiger charge is 2.44. The minimum Gasteiger partial charge on any atom is -0.356 e. The predicted molar refractivity (Wildman–Crippen MR) is 98.0 cm³/mol.